The van der Waals surface area contributed by atoms with Crippen molar-refractivity contribution in [3.63, 3.8) is 0 Å². The van der Waals surface area contributed by atoms with Crippen molar-refractivity contribution in [3.05, 3.63) is 27.5 Å². The van der Waals surface area contributed by atoms with Gasteiger partial charge in [-0.25, -0.2) is 0 Å². The van der Waals surface area contributed by atoms with Gasteiger partial charge in [0.15, 0.2) is 0 Å². The molecule has 0 amide bonds. The number of rotatable bonds is 0. The lowest BCUT2D eigenvalue weighted by atomic mass is 10.2. The molecule has 1 aliphatic carbocycles. The minimum Gasteiger partial charge on any atom is -0.0813 e. The first-order chi connectivity index (χ1) is 4.22. The zero-order valence-corrected chi connectivity index (χ0v) is 9.20. The topological polar surface area (TPSA) is 0 Å². The Hall–Kier alpha value is 0.920. The van der Waals surface area contributed by atoms with E-state index in [1.165, 1.54) is 0 Å². The van der Waals surface area contributed by atoms with Crippen LogP contribution in [0.15, 0.2) is 22.7 Å². The molecule has 1 aliphatic rings. The summed E-state index contributed by atoms with van der Waals surface area (Å²) in [6, 6.07) is 0. The van der Waals surface area contributed by atoms with Crippen LogP contribution < -0.4 is 0 Å². The predicted molar refractivity (Wildman–Crippen MR) is 51.0 cm³/mol. The fourth-order valence-electron chi connectivity index (χ4n) is 0.533. The second-order valence-corrected chi connectivity index (χ2v) is 4.41. The van der Waals surface area contributed by atoms with Crippen LogP contribution in [0.4, 0.5) is 0 Å². The number of allylic oxidation sites excluding steroid dienone is 4. The van der Waals surface area contributed by atoms with Gasteiger partial charge in [-0.3, -0.25) is 0 Å². The molecule has 0 saturated heterocycles. The second-order valence-electron chi connectivity index (χ2n) is 1.66. The van der Waals surface area contributed by atoms with Crippen molar-refractivity contribution in [2.75, 3.05) is 0 Å². The Bertz CT molecular complexity index is 160. The van der Waals surface area contributed by atoms with Gasteiger partial charge < -0.3 is 0 Å². The highest BCUT2D eigenvalue weighted by atomic mass is 79.9. The molecule has 0 bridgehead atoms. The second kappa shape index (κ2) is 3.35. The van der Waals surface area contributed by atoms with Crippen LogP contribution in [-0.2, 0) is 0 Å². The first kappa shape index (κ1) is 8.02. The summed E-state index contributed by atoms with van der Waals surface area (Å²) in [5.41, 5.74) is 0. The predicted octanol–water partition coefficient (Wildman–Crippen LogP) is 3.53. The van der Waals surface area contributed by atoms with Crippen LogP contribution in [0.5, 0.6) is 0 Å². The van der Waals surface area contributed by atoms with Crippen molar-refractivity contribution < 1.29 is 0 Å². The van der Waals surface area contributed by atoms with Gasteiger partial charge in [-0.2, -0.15) is 0 Å². The van der Waals surface area contributed by atoms with Crippen LogP contribution in [0.2, 0.25) is 0 Å². The lowest BCUT2D eigenvalue weighted by Gasteiger charge is -2.14. The molecule has 1 radical (unpaired) electrons. The van der Waals surface area contributed by atoms with Gasteiger partial charge in [0.1, 0.15) is 0 Å². The van der Waals surface area contributed by atoms with Gasteiger partial charge >= 0.3 is 0 Å². The molecule has 49 valence electrons. The van der Waals surface area contributed by atoms with Crippen molar-refractivity contribution in [2.45, 2.75) is 4.83 Å². The van der Waals surface area contributed by atoms with Gasteiger partial charge in [0, 0.05) is 4.48 Å². The standard InChI is InChI=1S/C6H4Br3/c7-4-2-1-3-5(8)6(4)9/h1-3,6H. The zero-order valence-electron chi connectivity index (χ0n) is 4.44. The first-order valence-corrected chi connectivity index (χ1v) is 4.92. The molecule has 0 spiro atoms. The third kappa shape index (κ3) is 1.92. The van der Waals surface area contributed by atoms with E-state index in [0.29, 0.717) is 4.83 Å². The molecule has 3 heteroatoms. The van der Waals surface area contributed by atoms with Gasteiger partial charge in [-0.05, 0) is 0 Å². The highest BCUT2D eigenvalue weighted by Crippen LogP contribution is 2.35. The minimum atomic E-state index is 0.308. The summed E-state index contributed by atoms with van der Waals surface area (Å²) >= 11 is 10.3. The fourth-order valence-corrected chi connectivity index (χ4v) is 1.94. The van der Waals surface area contributed by atoms with E-state index in [9.17, 15) is 0 Å². The third-order valence-electron chi connectivity index (χ3n) is 0.995. The van der Waals surface area contributed by atoms with E-state index in [0.717, 1.165) is 9.31 Å². The molecule has 0 heterocycles. The first-order valence-electron chi connectivity index (χ1n) is 2.42. The molecule has 0 aromatic rings. The molecule has 1 rings (SSSR count). The van der Waals surface area contributed by atoms with Crippen LogP contribution in [0.25, 0.3) is 0 Å². The number of hydrogen-bond donors (Lipinski definition) is 0. The molecule has 0 N–H and O–H groups in total. The molecule has 1 atom stereocenters. The molecule has 1 unspecified atom stereocenters. The smallest absolute Gasteiger partial charge is 0.0812 e. The summed E-state index contributed by atoms with van der Waals surface area (Å²) in [5, 5.41) is 0. The average molecular weight is 316 g/mol. The van der Waals surface area contributed by atoms with E-state index in [2.05, 4.69) is 47.8 Å². The highest BCUT2D eigenvalue weighted by Gasteiger charge is 2.18. The van der Waals surface area contributed by atoms with E-state index in [1.807, 2.05) is 18.2 Å². The Morgan fingerprint density at radius 2 is 2.00 bits per heavy atom. The molecule has 0 fully saturated rings. The van der Waals surface area contributed by atoms with Crippen molar-refractivity contribution in [1.29, 1.82) is 0 Å². The van der Waals surface area contributed by atoms with Gasteiger partial charge in [0.05, 0.1) is 9.65 Å². The van der Waals surface area contributed by atoms with E-state index >= 15 is 0 Å². The van der Waals surface area contributed by atoms with Crippen LogP contribution in [0.1, 0.15) is 0 Å². The summed E-state index contributed by atoms with van der Waals surface area (Å²) in [6.45, 7) is 0. The molecule has 9 heavy (non-hydrogen) atoms. The van der Waals surface area contributed by atoms with Crippen LogP contribution in [0.3, 0.4) is 0 Å². The SMILES string of the molecule is Br[C]1C=CC=C(Br)C1Br. The van der Waals surface area contributed by atoms with Gasteiger partial charge in [0.25, 0.3) is 0 Å². The molecular weight excluding hydrogens is 312 g/mol. The monoisotopic (exact) mass is 313 g/mol. The van der Waals surface area contributed by atoms with Crippen molar-refractivity contribution >= 4 is 47.8 Å². The van der Waals surface area contributed by atoms with Gasteiger partial charge in [-0.15, -0.1) is 0 Å². The number of hydrogen-bond acceptors (Lipinski definition) is 0. The molecule has 0 nitrogen and oxygen atoms in total. The van der Waals surface area contributed by atoms with Crippen molar-refractivity contribution in [1.82, 2.24) is 0 Å². The lowest BCUT2D eigenvalue weighted by molar-refractivity contribution is 1.26. The maximum Gasteiger partial charge on any atom is 0.0812 e. The highest BCUT2D eigenvalue weighted by molar-refractivity contribution is 9.15. The quantitative estimate of drug-likeness (QED) is 0.600. The van der Waals surface area contributed by atoms with E-state index < -0.39 is 0 Å². The summed E-state index contributed by atoms with van der Waals surface area (Å²) in [5.74, 6) is 0. The summed E-state index contributed by atoms with van der Waals surface area (Å²) in [4.78, 5) is 1.46. The third-order valence-corrected chi connectivity index (χ3v) is 4.65. The maximum atomic E-state index is 3.47. The fraction of sp³-hybridized carbons (Fsp3) is 0.167. The van der Waals surface area contributed by atoms with Crippen molar-refractivity contribution in [2.24, 2.45) is 0 Å². The lowest BCUT2D eigenvalue weighted by Crippen LogP contribution is -2.05. The van der Waals surface area contributed by atoms with E-state index in [4.69, 9.17) is 0 Å². The normalized spacial score (nSPS) is 28.3. The Morgan fingerprint density at radius 1 is 1.33 bits per heavy atom. The maximum absolute atomic E-state index is 3.47. The molecule has 0 aliphatic heterocycles. The summed E-state index contributed by atoms with van der Waals surface area (Å²) < 4.78 is 1.15. The molecule has 0 aromatic heterocycles. The summed E-state index contributed by atoms with van der Waals surface area (Å²) in [6.07, 6.45) is 6.03. The Morgan fingerprint density at radius 3 is 2.44 bits per heavy atom. The molecule has 0 aromatic carbocycles. The van der Waals surface area contributed by atoms with E-state index in [-0.39, 0.29) is 0 Å². The summed E-state index contributed by atoms with van der Waals surface area (Å²) in [7, 11) is 0. The number of alkyl halides is 1. The zero-order chi connectivity index (χ0) is 6.85. The minimum absolute atomic E-state index is 0.308. The molecular formula is C6H4Br3. The van der Waals surface area contributed by atoms with Crippen LogP contribution in [-0.4, -0.2) is 4.83 Å². The largest absolute Gasteiger partial charge is 0.0813 e. The Labute approximate surface area is 79.8 Å². The van der Waals surface area contributed by atoms with Crippen LogP contribution in [0, 0.1) is 4.83 Å². The van der Waals surface area contributed by atoms with Crippen molar-refractivity contribution in [3.8, 4) is 0 Å². The van der Waals surface area contributed by atoms with Gasteiger partial charge in [0.2, 0.25) is 0 Å². The molecule has 0 saturated carbocycles. The van der Waals surface area contributed by atoms with Crippen LogP contribution >= 0.6 is 47.8 Å². The average Bonchev–Trinajstić information content (AvgIpc) is 1.83. The Kier molecular flexibility index (Phi) is 2.99. The van der Waals surface area contributed by atoms with E-state index in [1.54, 1.807) is 0 Å². The number of halogens is 3. The Balaban J connectivity index is 2.73. The van der Waals surface area contributed by atoms with Gasteiger partial charge in [-0.1, -0.05) is 66.0 Å².